The fourth-order valence-corrected chi connectivity index (χ4v) is 3.21. The number of piperidine rings is 1. The van der Waals surface area contributed by atoms with Gasteiger partial charge in [0.15, 0.2) is 0 Å². The van der Waals surface area contributed by atoms with Crippen LogP contribution in [0.2, 0.25) is 0 Å². The van der Waals surface area contributed by atoms with Crippen LogP contribution in [-0.2, 0) is 0 Å². The summed E-state index contributed by atoms with van der Waals surface area (Å²) in [6.07, 6.45) is 1.61. The van der Waals surface area contributed by atoms with Gasteiger partial charge in [-0.15, -0.1) is 0 Å². The molecule has 2 atom stereocenters. The summed E-state index contributed by atoms with van der Waals surface area (Å²) in [6, 6.07) is 6.06. The maximum Gasteiger partial charge on any atom is 0.122 e. The van der Waals surface area contributed by atoms with Crippen LogP contribution in [-0.4, -0.2) is 54.1 Å². The van der Waals surface area contributed by atoms with Gasteiger partial charge in [0.05, 0.1) is 0 Å². The van der Waals surface area contributed by atoms with E-state index in [1.54, 1.807) is 0 Å². The predicted molar refractivity (Wildman–Crippen MR) is 88.3 cm³/mol. The maximum atomic E-state index is 10.2. The molecule has 0 radical (unpaired) electrons. The molecule has 1 aromatic rings. The molecule has 2 rings (SSSR count). The SMILES string of the molecule is Cc1ccc(OCC(O)CN2CCCC(C)(CO)C2)c(C)c1. The lowest BCUT2D eigenvalue weighted by Crippen LogP contribution is -2.47. The Hall–Kier alpha value is -1.10. The normalized spacial score (nSPS) is 24.2. The number of nitrogens with zero attached hydrogens (tertiary/aromatic N) is 1. The van der Waals surface area contributed by atoms with Crippen molar-refractivity contribution in [2.24, 2.45) is 5.41 Å². The van der Waals surface area contributed by atoms with Crippen LogP contribution in [0.4, 0.5) is 0 Å². The van der Waals surface area contributed by atoms with E-state index in [9.17, 15) is 10.2 Å². The van der Waals surface area contributed by atoms with Crippen LogP contribution in [0, 0.1) is 19.3 Å². The van der Waals surface area contributed by atoms with Crippen LogP contribution in [0.1, 0.15) is 30.9 Å². The Morgan fingerprint density at radius 3 is 2.82 bits per heavy atom. The minimum absolute atomic E-state index is 0.0353. The molecule has 0 aromatic heterocycles. The highest BCUT2D eigenvalue weighted by atomic mass is 16.5. The summed E-state index contributed by atoms with van der Waals surface area (Å²) in [7, 11) is 0. The number of rotatable bonds is 6. The first-order valence-electron chi connectivity index (χ1n) is 8.13. The molecule has 4 nitrogen and oxygen atoms in total. The molecule has 1 aromatic carbocycles. The van der Waals surface area contributed by atoms with Gasteiger partial charge in [-0.05, 0) is 44.9 Å². The molecule has 0 bridgehead atoms. The Morgan fingerprint density at radius 2 is 2.14 bits per heavy atom. The van der Waals surface area contributed by atoms with E-state index >= 15 is 0 Å². The van der Waals surface area contributed by atoms with E-state index in [1.807, 2.05) is 19.1 Å². The fourth-order valence-electron chi connectivity index (χ4n) is 3.21. The zero-order valence-corrected chi connectivity index (χ0v) is 14.0. The van der Waals surface area contributed by atoms with Crippen molar-refractivity contribution in [2.45, 2.75) is 39.7 Å². The number of β-amino-alcohol motifs (C(OH)–C–C–N with tert-alkyl or cyclic N) is 1. The van der Waals surface area contributed by atoms with Crippen molar-refractivity contribution in [2.75, 3.05) is 32.8 Å². The lowest BCUT2D eigenvalue weighted by atomic mass is 9.83. The lowest BCUT2D eigenvalue weighted by molar-refractivity contribution is 0.00998. The number of aliphatic hydroxyl groups excluding tert-OH is 2. The third kappa shape index (κ3) is 4.70. The van der Waals surface area contributed by atoms with Gasteiger partial charge in [0, 0.05) is 25.1 Å². The van der Waals surface area contributed by atoms with Crippen molar-refractivity contribution in [3.8, 4) is 5.75 Å². The average Bonchev–Trinajstić information content (AvgIpc) is 2.46. The average molecular weight is 307 g/mol. The van der Waals surface area contributed by atoms with Gasteiger partial charge in [-0.1, -0.05) is 24.6 Å². The summed E-state index contributed by atoms with van der Waals surface area (Å²) in [6.45, 7) is 9.11. The van der Waals surface area contributed by atoms with Gasteiger partial charge in [-0.2, -0.15) is 0 Å². The molecule has 1 heterocycles. The van der Waals surface area contributed by atoms with Crippen LogP contribution >= 0.6 is 0 Å². The molecule has 0 saturated carbocycles. The predicted octanol–water partition coefficient (Wildman–Crippen LogP) is 2.14. The third-order valence-electron chi connectivity index (χ3n) is 4.47. The summed E-state index contributed by atoms with van der Waals surface area (Å²) in [5, 5.41) is 19.7. The van der Waals surface area contributed by atoms with Crippen molar-refractivity contribution in [3.63, 3.8) is 0 Å². The van der Waals surface area contributed by atoms with Crippen LogP contribution in [0.3, 0.4) is 0 Å². The van der Waals surface area contributed by atoms with E-state index in [1.165, 1.54) is 5.56 Å². The minimum Gasteiger partial charge on any atom is -0.491 e. The Morgan fingerprint density at radius 1 is 1.36 bits per heavy atom. The Balaban J connectivity index is 1.81. The smallest absolute Gasteiger partial charge is 0.122 e. The molecule has 0 spiro atoms. The van der Waals surface area contributed by atoms with Crippen molar-refractivity contribution in [1.82, 2.24) is 4.90 Å². The van der Waals surface area contributed by atoms with Crippen molar-refractivity contribution in [1.29, 1.82) is 0 Å². The van der Waals surface area contributed by atoms with Gasteiger partial charge in [0.2, 0.25) is 0 Å². The van der Waals surface area contributed by atoms with E-state index in [0.717, 1.165) is 37.2 Å². The molecular weight excluding hydrogens is 278 g/mol. The monoisotopic (exact) mass is 307 g/mol. The molecule has 0 amide bonds. The highest BCUT2D eigenvalue weighted by molar-refractivity contribution is 5.35. The minimum atomic E-state index is -0.512. The summed E-state index contributed by atoms with van der Waals surface area (Å²) in [5.74, 6) is 0.837. The highest BCUT2D eigenvalue weighted by Crippen LogP contribution is 2.28. The maximum absolute atomic E-state index is 10.2. The van der Waals surface area contributed by atoms with Gasteiger partial charge >= 0.3 is 0 Å². The first-order chi connectivity index (χ1) is 10.4. The van der Waals surface area contributed by atoms with Gasteiger partial charge in [0.25, 0.3) is 0 Å². The highest BCUT2D eigenvalue weighted by Gasteiger charge is 2.31. The van der Waals surface area contributed by atoms with Gasteiger partial charge in [-0.3, -0.25) is 0 Å². The topological polar surface area (TPSA) is 52.9 Å². The number of benzene rings is 1. The number of hydrogen-bond acceptors (Lipinski definition) is 4. The molecule has 1 fully saturated rings. The summed E-state index contributed by atoms with van der Waals surface area (Å²) >= 11 is 0. The van der Waals surface area contributed by atoms with Crippen LogP contribution in [0.25, 0.3) is 0 Å². The number of aryl methyl sites for hydroxylation is 2. The number of ether oxygens (including phenoxy) is 1. The molecule has 2 unspecified atom stereocenters. The second-order valence-electron chi connectivity index (χ2n) is 7.04. The van der Waals surface area contributed by atoms with Crippen LogP contribution in [0.5, 0.6) is 5.75 Å². The van der Waals surface area contributed by atoms with Gasteiger partial charge in [-0.25, -0.2) is 0 Å². The van der Waals surface area contributed by atoms with Gasteiger partial charge < -0.3 is 19.8 Å². The fraction of sp³-hybridized carbons (Fsp3) is 0.667. The molecule has 4 heteroatoms. The second-order valence-corrected chi connectivity index (χ2v) is 7.04. The standard InChI is InChI=1S/C18H29NO3/c1-14-5-6-17(15(2)9-14)22-11-16(21)10-19-8-4-7-18(3,12-19)13-20/h5-6,9,16,20-21H,4,7-8,10-13H2,1-3H3. The van der Waals surface area contributed by atoms with E-state index in [0.29, 0.717) is 13.2 Å². The zero-order chi connectivity index (χ0) is 16.2. The summed E-state index contributed by atoms with van der Waals surface area (Å²) in [4.78, 5) is 2.23. The third-order valence-corrected chi connectivity index (χ3v) is 4.47. The molecule has 22 heavy (non-hydrogen) atoms. The van der Waals surface area contributed by atoms with Crippen LogP contribution in [0.15, 0.2) is 18.2 Å². The van der Waals surface area contributed by atoms with E-state index in [4.69, 9.17) is 4.74 Å². The van der Waals surface area contributed by atoms with E-state index < -0.39 is 6.10 Å². The number of hydrogen-bond donors (Lipinski definition) is 2. The van der Waals surface area contributed by atoms with Crippen molar-refractivity contribution >= 4 is 0 Å². The van der Waals surface area contributed by atoms with Crippen LogP contribution < -0.4 is 4.74 Å². The largest absolute Gasteiger partial charge is 0.491 e. The first-order valence-corrected chi connectivity index (χ1v) is 8.13. The number of aliphatic hydroxyl groups is 2. The molecule has 1 aliphatic heterocycles. The first kappa shape index (κ1) is 17.3. The Bertz CT molecular complexity index is 491. The zero-order valence-electron chi connectivity index (χ0n) is 14.0. The Labute approximate surface area is 133 Å². The Kier molecular flexibility index (Phi) is 5.84. The van der Waals surface area contributed by atoms with E-state index in [2.05, 4.69) is 24.8 Å². The second kappa shape index (κ2) is 7.44. The lowest BCUT2D eigenvalue weighted by Gasteiger charge is -2.40. The van der Waals surface area contributed by atoms with Gasteiger partial charge in [0.1, 0.15) is 18.5 Å². The number of likely N-dealkylation sites (tertiary alicyclic amines) is 1. The molecule has 2 N–H and O–H groups in total. The summed E-state index contributed by atoms with van der Waals surface area (Å²) < 4.78 is 5.75. The summed E-state index contributed by atoms with van der Waals surface area (Å²) in [5.41, 5.74) is 2.27. The van der Waals surface area contributed by atoms with E-state index in [-0.39, 0.29) is 12.0 Å². The van der Waals surface area contributed by atoms with Crippen molar-refractivity contribution in [3.05, 3.63) is 29.3 Å². The molecule has 1 saturated heterocycles. The molecule has 124 valence electrons. The van der Waals surface area contributed by atoms with Crippen molar-refractivity contribution < 1.29 is 14.9 Å². The molecular formula is C18H29NO3. The molecule has 0 aliphatic carbocycles. The molecule has 1 aliphatic rings. The quantitative estimate of drug-likeness (QED) is 0.845.